The van der Waals surface area contributed by atoms with Crippen LogP contribution in [0.25, 0.3) is 17.0 Å². The molecule has 168 valence electrons. The monoisotopic (exact) mass is 448 g/mol. The van der Waals surface area contributed by atoms with Crippen molar-refractivity contribution in [2.24, 2.45) is 0 Å². The van der Waals surface area contributed by atoms with Crippen LogP contribution in [0, 0.1) is 5.82 Å². The number of anilines is 1. The molecule has 0 fully saturated rings. The summed E-state index contributed by atoms with van der Waals surface area (Å²) in [4.78, 5) is 27.8. The molecule has 0 saturated heterocycles. The number of fused-ring (bicyclic) bond motifs is 1. The van der Waals surface area contributed by atoms with Gasteiger partial charge in [0, 0.05) is 24.7 Å². The number of alkyl carbamates (subject to hydrolysis) is 1. The van der Waals surface area contributed by atoms with Crippen LogP contribution in [0.5, 0.6) is 0 Å². The van der Waals surface area contributed by atoms with Crippen LogP contribution in [0.1, 0.15) is 21.9 Å². The number of hydrogen-bond acceptors (Lipinski definition) is 5. The van der Waals surface area contributed by atoms with Gasteiger partial charge in [-0.15, -0.1) is 0 Å². The van der Waals surface area contributed by atoms with Gasteiger partial charge in [0.05, 0.1) is 18.3 Å². The standard InChI is InChI=1S/C24H21FN4O4/c1-32-24(31)26-11-4-9-22-27-20(15-33-22)23(30)28-19-7-3-8-21-18(19)10-12-29(21)14-16-5-2-6-17(25)13-16/h2-10,12-13,15H,11,14H2,1H3,(H,26,31)(H,28,30)/b9-4-. The van der Waals surface area contributed by atoms with Crippen molar-refractivity contribution in [1.29, 1.82) is 0 Å². The zero-order chi connectivity index (χ0) is 23.2. The molecule has 4 rings (SSSR count). The number of halogens is 1. The lowest BCUT2D eigenvalue weighted by molar-refractivity contribution is 0.102. The van der Waals surface area contributed by atoms with Gasteiger partial charge in [-0.2, -0.15) is 0 Å². The largest absolute Gasteiger partial charge is 0.453 e. The van der Waals surface area contributed by atoms with Crippen LogP contribution in [0.3, 0.4) is 0 Å². The molecule has 2 aromatic carbocycles. The molecule has 0 aliphatic carbocycles. The summed E-state index contributed by atoms with van der Waals surface area (Å²) in [5.74, 6) is -0.471. The van der Waals surface area contributed by atoms with Crippen LogP contribution in [0.15, 0.2) is 71.5 Å². The number of oxazole rings is 1. The van der Waals surface area contributed by atoms with Gasteiger partial charge in [-0.3, -0.25) is 4.79 Å². The van der Waals surface area contributed by atoms with Gasteiger partial charge in [-0.25, -0.2) is 14.2 Å². The predicted molar refractivity (Wildman–Crippen MR) is 121 cm³/mol. The minimum absolute atomic E-state index is 0.117. The van der Waals surface area contributed by atoms with Crippen molar-refractivity contribution in [2.75, 3.05) is 19.0 Å². The number of methoxy groups -OCH3 is 1. The molecule has 2 N–H and O–H groups in total. The SMILES string of the molecule is COC(=O)NC/C=C\c1nc(C(=O)Nc2cccc3c2ccn3Cc2cccc(F)c2)co1. The summed E-state index contributed by atoms with van der Waals surface area (Å²) in [5.41, 5.74) is 2.48. The average molecular weight is 448 g/mol. The topological polar surface area (TPSA) is 98.4 Å². The Morgan fingerprint density at radius 1 is 1.21 bits per heavy atom. The van der Waals surface area contributed by atoms with Gasteiger partial charge in [0.25, 0.3) is 5.91 Å². The number of ether oxygens (including phenoxy) is 1. The van der Waals surface area contributed by atoms with Gasteiger partial charge in [-0.1, -0.05) is 24.3 Å². The van der Waals surface area contributed by atoms with E-state index in [0.29, 0.717) is 12.2 Å². The van der Waals surface area contributed by atoms with Crippen molar-refractivity contribution in [3.8, 4) is 0 Å². The summed E-state index contributed by atoms with van der Waals surface area (Å²) in [6.07, 6.45) is 5.77. The van der Waals surface area contributed by atoms with E-state index in [4.69, 9.17) is 4.42 Å². The molecule has 0 radical (unpaired) electrons. The first kappa shape index (κ1) is 21.8. The van der Waals surface area contributed by atoms with Crippen molar-refractivity contribution in [2.45, 2.75) is 6.54 Å². The fourth-order valence-corrected chi connectivity index (χ4v) is 3.33. The number of benzene rings is 2. The van der Waals surface area contributed by atoms with Gasteiger partial charge >= 0.3 is 6.09 Å². The highest BCUT2D eigenvalue weighted by molar-refractivity contribution is 6.07. The molecular weight excluding hydrogens is 427 g/mol. The van der Waals surface area contributed by atoms with Gasteiger partial charge < -0.3 is 24.4 Å². The molecule has 0 unspecified atom stereocenters. The Labute approximate surface area is 188 Å². The van der Waals surface area contributed by atoms with E-state index in [1.54, 1.807) is 24.3 Å². The van der Waals surface area contributed by atoms with Crippen molar-refractivity contribution in [1.82, 2.24) is 14.9 Å². The van der Waals surface area contributed by atoms with E-state index < -0.39 is 12.0 Å². The van der Waals surface area contributed by atoms with E-state index in [-0.39, 0.29) is 23.9 Å². The Balaban J connectivity index is 1.45. The van der Waals surface area contributed by atoms with E-state index in [1.807, 2.05) is 35.0 Å². The third-order valence-electron chi connectivity index (χ3n) is 4.87. The lowest BCUT2D eigenvalue weighted by atomic mass is 10.2. The summed E-state index contributed by atoms with van der Waals surface area (Å²) >= 11 is 0. The first-order chi connectivity index (χ1) is 16.0. The Bertz CT molecular complexity index is 1330. The molecule has 2 heterocycles. The second-order valence-corrected chi connectivity index (χ2v) is 7.11. The van der Waals surface area contributed by atoms with Crippen LogP contribution in [-0.4, -0.2) is 35.2 Å². The zero-order valence-corrected chi connectivity index (χ0v) is 17.7. The highest BCUT2D eigenvalue weighted by atomic mass is 19.1. The van der Waals surface area contributed by atoms with Gasteiger partial charge in [0.2, 0.25) is 5.89 Å². The zero-order valence-electron chi connectivity index (χ0n) is 17.7. The average Bonchev–Trinajstić information content (AvgIpc) is 3.45. The number of aromatic nitrogens is 2. The molecule has 0 bridgehead atoms. The lowest BCUT2D eigenvalue weighted by Gasteiger charge is -2.08. The highest BCUT2D eigenvalue weighted by Gasteiger charge is 2.14. The minimum atomic E-state index is -0.550. The number of hydrogen-bond donors (Lipinski definition) is 2. The lowest BCUT2D eigenvalue weighted by Crippen LogP contribution is -2.22. The molecule has 0 atom stereocenters. The summed E-state index contributed by atoms with van der Waals surface area (Å²) in [6.45, 7) is 0.730. The van der Waals surface area contributed by atoms with Gasteiger partial charge in [0.1, 0.15) is 12.1 Å². The third kappa shape index (κ3) is 5.27. The smallest absolute Gasteiger partial charge is 0.407 e. The fraction of sp³-hybridized carbons (Fsp3) is 0.125. The van der Waals surface area contributed by atoms with Crippen molar-refractivity contribution in [3.05, 3.63) is 90.0 Å². The second-order valence-electron chi connectivity index (χ2n) is 7.11. The van der Waals surface area contributed by atoms with Crippen molar-refractivity contribution < 1.29 is 23.1 Å². The van der Waals surface area contributed by atoms with E-state index in [1.165, 1.54) is 25.5 Å². The number of amides is 2. The maximum absolute atomic E-state index is 13.5. The first-order valence-corrected chi connectivity index (χ1v) is 10.1. The van der Waals surface area contributed by atoms with E-state index >= 15 is 0 Å². The molecule has 2 aromatic heterocycles. The maximum atomic E-state index is 13.5. The molecule has 0 aliphatic rings. The number of nitrogens with one attached hydrogen (secondary N) is 2. The Kier molecular flexibility index (Phi) is 6.49. The van der Waals surface area contributed by atoms with Gasteiger partial charge in [-0.05, 0) is 42.0 Å². The summed E-state index contributed by atoms with van der Waals surface area (Å²) in [6, 6.07) is 13.9. The predicted octanol–water partition coefficient (Wildman–Crippen LogP) is 4.44. The fourth-order valence-electron chi connectivity index (χ4n) is 3.33. The molecule has 0 saturated carbocycles. The first-order valence-electron chi connectivity index (χ1n) is 10.1. The molecule has 33 heavy (non-hydrogen) atoms. The molecular formula is C24H21FN4O4. The Morgan fingerprint density at radius 2 is 2.06 bits per heavy atom. The molecule has 8 nitrogen and oxygen atoms in total. The third-order valence-corrected chi connectivity index (χ3v) is 4.87. The van der Waals surface area contributed by atoms with Crippen LogP contribution in [0.2, 0.25) is 0 Å². The normalized spacial score (nSPS) is 11.1. The molecule has 0 aliphatic heterocycles. The summed E-state index contributed by atoms with van der Waals surface area (Å²) in [5, 5.41) is 6.19. The Hall–Kier alpha value is -4.40. The molecule has 0 spiro atoms. The van der Waals surface area contributed by atoms with Crippen LogP contribution >= 0.6 is 0 Å². The maximum Gasteiger partial charge on any atom is 0.407 e. The molecule has 2 amide bonds. The van der Waals surface area contributed by atoms with E-state index in [2.05, 4.69) is 20.4 Å². The van der Waals surface area contributed by atoms with Crippen molar-refractivity contribution >= 4 is 34.7 Å². The van der Waals surface area contributed by atoms with Crippen molar-refractivity contribution in [3.63, 3.8) is 0 Å². The quantitative estimate of drug-likeness (QED) is 0.436. The summed E-state index contributed by atoms with van der Waals surface area (Å²) in [7, 11) is 1.28. The Morgan fingerprint density at radius 3 is 2.88 bits per heavy atom. The summed E-state index contributed by atoms with van der Waals surface area (Å²) < 4.78 is 25.3. The van der Waals surface area contributed by atoms with Crippen LogP contribution in [-0.2, 0) is 11.3 Å². The van der Waals surface area contributed by atoms with Gasteiger partial charge in [0.15, 0.2) is 5.69 Å². The number of rotatable bonds is 7. The van der Waals surface area contributed by atoms with Crippen LogP contribution < -0.4 is 10.6 Å². The number of carbonyl (C=O) groups is 2. The number of carbonyl (C=O) groups excluding carboxylic acids is 2. The second kappa shape index (κ2) is 9.82. The molecule has 4 aromatic rings. The number of nitrogens with zero attached hydrogens (tertiary/aromatic N) is 2. The molecule has 9 heteroatoms. The van der Waals surface area contributed by atoms with E-state index in [0.717, 1.165) is 16.5 Å². The minimum Gasteiger partial charge on any atom is -0.453 e. The van der Waals surface area contributed by atoms with E-state index in [9.17, 15) is 14.0 Å². The highest BCUT2D eigenvalue weighted by Crippen LogP contribution is 2.26. The van der Waals surface area contributed by atoms with Crippen LogP contribution in [0.4, 0.5) is 14.9 Å².